The van der Waals surface area contributed by atoms with Gasteiger partial charge in [0, 0.05) is 13.1 Å². The summed E-state index contributed by atoms with van der Waals surface area (Å²) in [5.74, 6) is -0.497. The molecule has 0 spiro atoms. The summed E-state index contributed by atoms with van der Waals surface area (Å²) in [6.07, 6.45) is 0. The molecule has 31 heavy (non-hydrogen) atoms. The van der Waals surface area contributed by atoms with Gasteiger partial charge in [-0.05, 0) is 51.7 Å². The van der Waals surface area contributed by atoms with E-state index < -0.39 is 21.5 Å². The molecule has 0 aliphatic rings. The predicted octanol–water partition coefficient (Wildman–Crippen LogP) is 3.29. The number of fused-ring (bicyclic) bond motifs is 1. The van der Waals surface area contributed by atoms with Gasteiger partial charge >= 0.3 is 0 Å². The second-order valence-electron chi connectivity index (χ2n) is 7.68. The second kappa shape index (κ2) is 9.33. The van der Waals surface area contributed by atoms with Gasteiger partial charge in [-0.15, -0.1) is 0 Å². The van der Waals surface area contributed by atoms with Crippen LogP contribution in [0.25, 0.3) is 10.2 Å². The summed E-state index contributed by atoms with van der Waals surface area (Å²) in [4.78, 5) is 21.4. The number of carbonyl (C=O) groups excluding carboxylic acids is 1. The minimum atomic E-state index is -3.77. The highest BCUT2D eigenvalue weighted by atomic mass is 32.2. The molecule has 1 amide bonds. The molecule has 0 unspecified atom stereocenters. The monoisotopic (exact) mass is 461 g/mol. The van der Waals surface area contributed by atoms with Crippen molar-refractivity contribution in [2.75, 3.05) is 44.9 Å². The highest BCUT2D eigenvalue weighted by Gasteiger charge is 2.27. The Hall–Kier alpha value is -2.49. The van der Waals surface area contributed by atoms with Crippen LogP contribution >= 0.6 is 11.3 Å². The van der Waals surface area contributed by atoms with E-state index in [0.717, 1.165) is 15.8 Å². The number of anilines is 1. The summed E-state index contributed by atoms with van der Waals surface area (Å²) in [6, 6.07) is 10.3. The molecule has 0 atom stereocenters. The molecule has 0 aliphatic carbocycles. The molecular weight excluding hydrogens is 434 g/mol. The number of methoxy groups -OCH3 is 1. The lowest BCUT2D eigenvalue weighted by Crippen LogP contribution is -2.40. The highest BCUT2D eigenvalue weighted by Crippen LogP contribution is 2.36. The van der Waals surface area contributed by atoms with Gasteiger partial charge in [-0.25, -0.2) is 13.4 Å². The number of thiazole rings is 1. The van der Waals surface area contributed by atoms with Crippen LogP contribution in [0.4, 0.5) is 5.13 Å². The van der Waals surface area contributed by atoms with Gasteiger partial charge in [0.1, 0.15) is 17.0 Å². The molecule has 3 rings (SSSR count). The third-order valence-corrected chi connectivity index (χ3v) is 7.74. The van der Waals surface area contributed by atoms with Crippen LogP contribution in [0.2, 0.25) is 0 Å². The maximum Gasteiger partial charge on any atom is 0.244 e. The number of ether oxygens (including phenoxy) is 1. The molecule has 2 aromatic carbocycles. The average molecular weight is 462 g/mol. The van der Waals surface area contributed by atoms with Crippen molar-refractivity contribution in [2.24, 2.45) is 0 Å². The number of rotatable bonds is 8. The van der Waals surface area contributed by atoms with Crippen LogP contribution in [0.15, 0.2) is 41.3 Å². The van der Waals surface area contributed by atoms with Gasteiger partial charge < -0.3 is 9.64 Å². The molecule has 9 heteroatoms. The third kappa shape index (κ3) is 5.23. The van der Waals surface area contributed by atoms with Crippen LogP contribution in [-0.4, -0.2) is 64.3 Å². The van der Waals surface area contributed by atoms with Crippen molar-refractivity contribution in [3.63, 3.8) is 0 Å². The van der Waals surface area contributed by atoms with Crippen molar-refractivity contribution in [3.05, 3.63) is 47.5 Å². The molecule has 0 aliphatic heterocycles. The Labute approximate surface area is 187 Å². The van der Waals surface area contributed by atoms with E-state index in [4.69, 9.17) is 4.74 Å². The van der Waals surface area contributed by atoms with Crippen molar-refractivity contribution in [1.82, 2.24) is 9.88 Å². The molecule has 1 aromatic heterocycles. The lowest BCUT2D eigenvalue weighted by atomic mass is 10.2. The van der Waals surface area contributed by atoms with Crippen LogP contribution in [-0.2, 0) is 14.6 Å². The average Bonchev–Trinajstić information content (AvgIpc) is 3.14. The van der Waals surface area contributed by atoms with Crippen molar-refractivity contribution >= 4 is 42.4 Å². The Morgan fingerprint density at radius 2 is 1.74 bits per heavy atom. The van der Waals surface area contributed by atoms with Gasteiger partial charge in [0.05, 0.1) is 16.7 Å². The number of likely N-dealkylation sites (N-methyl/N-ethyl adjacent to an activating group) is 1. The largest absolute Gasteiger partial charge is 0.494 e. The van der Waals surface area contributed by atoms with E-state index in [1.54, 1.807) is 19.2 Å². The molecular formula is C22H27N3O4S2. The number of sulfone groups is 1. The maximum absolute atomic E-state index is 13.2. The van der Waals surface area contributed by atoms with Gasteiger partial charge in [0.15, 0.2) is 15.0 Å². The Kier molecular flexibility index (Phi) is 6.98. The summed E-state index contributed by atoms with van der Waals surface area (Å²) in [6.45, 7) is 4.75. The Bertz CT molecular complexity index is 1190. The Morgan fingerprint density at radius 1 is 1.06 bits per heavy atom. The number of nitrogens with zero attached hydrogens (tertiary/aromatic N) is 3. The SMILES string of the molecule is COc1ccc(C)c2sc(N(CCN(C)C)C(=O)CS(=O)(=O)c3ccc(C)cc3)nc12. The van der Waals surface area contributed by atoms with Gasteiger partial charge in [-0.2, -0.15) is 0 Å². The lowest BCUT2D eigenvalue weighted by molar-refractivity contribution is -0.116. The predicted molar refractivity (Wildman–Crippen MR) is 125 cm³/mol. The molecule has 0 fully saturated rings. The lowest BCUT2D eigenvalue weighted by Gasteiger charge is -2.22. The summed E-state index contributed by atoms with van der Waals surface area (Å²) < 4.78 is 32.1. The first-order valence-corrected chi connectivity index (χ1v) is 12.3. The quantitative estimate of drug-likeness (QED) is 0.512. The molecule has 0 radical (unpaired) electrons. The molecule has 166 valence electrons. The van der Waals surface area contributed by atoms with Gasteiger partial charge in [-0.1, -0.05) is 35.1 Å². The van der Waals surface area contributed by atoms with Crippen LogP contribution in [0.5, 0.6) is 5.75 Å². The summed E-state index contributed by atoms with van der Waals surface area (Å²) in [7, 11) is 1.60. The number of hydrogen-bond donors (Lipinski definition) is 0. The van der Waals surface area contributed by atoms with E-state index in [0.29, 0.717) is 29.5 Å². The standard InChI is InChI=1S/C22H27N3O4S2/c1-15-6-9-17(10-7-15)31(27,28)14-19(26)25(13-12-24(3)4)22-23-20-18(29-5)11-8-16(2)21(20)30-22/h6-11H,12-14H2,1-5H3. The van der Waals surface area contributed by atoms with E-state index in [1.807, 2.05) is 45.0 Å². The van der Waals surface area contributed by atoms with Crippen molar-refractivity contribution in [3.8, 4) is 5.75 Å². The summed E-state index contributed by atoms with van der Waals surface area (Å²) in [5.41, 5.74) is 2.65. The van der Waals surface area contributed by atoms with E-state index in [1.165, 1.54) is 28.4 Å². The van der Waals surface area contributed by atoms with Crippen LogP contribution in [0, 0.1) is 13.8 Å². The molecule has 0 saturated heterocycles. The smallest absolute Gasteiger partial charge is 0.244 e. The van der Waals surface area contributed by atoms with Crippen LogP contribution in [0.1, 0.15) is 11.1 Å². The normalized spacial score (nSPS) is 11.8. The number of carbonyl (C=O) groups is 1. The minimum Gasteiger partial charge on any atom is -0.494 e. The minimum absolute atomic E-state index is 0.140. The first kappa shape index (κ1) is 23.2. The molecule has 0 N–H and O–H groups in total. The fourth-order valence-electron chi connectivity index (χ4n) is 3.08. The number of aromatic nitrogens is 1. The van der Waals surface area contributed by atoms with Gasteiger partial charge in [0.2, 0.25) is 5.91 Å². The Balaban J connectivity index is 1.97. The third-order valence-electron chi connectivity index (χ3n) is 4.91. The first-order chi connectivity index (χ1) is 14.6. The van der Waals surface area contributed by atoms with Gasteiger partial charge in [-0.3, -0.25) is 9.69 Å². The Morgan fingerprint density at radius 3 is 2.35 bits per heavy atom. The first-order valence-electron chi connectivity index (χ1n) is 9.81. The van der Waals surface area contributed by atoms with E-state index in [9.17, 15) is 13.2 Å². The molecule has 1 heterocycles. The fourth-order valence-corrected chi connectivity index (χ4v) is 5.37. The zero-order valence-electron chi connectivity index (χ0n) is 18.4. The van der Waals surface area contributed by atoms with Crippen LogP contribution in [0.3, 0.4) is 0 Å². The molecule has 3 aromatic rings. The zero-order valence-corrected chi connectivity index (χ0v) is 20.0. The molecule has 0 bridgehead atoms. The number of aryl methyl sites for hydroxylation is 2. The fraction of sp³-hybridized carbons (Fsp3) is 0.364. The van der Waals surface area contributed by atoms with E-state index in [2.05, 4.69) is 4.98 Å². The van der Waals surface area contributed by atoms with E-state index in [-0.39, 0.29) is 4.90 Å². The highest BCUT2D eigenvalue weighted by molar-refractivity contribution is 7.92. The maximum atomic E-state index is 13.2. The second-order valence-corrected chi connectivity index (χ2v) is 10.6. The van der Waals surface area contributed by atoms with E-state index >= 15 is 0 Å². The number of hydrogen-bond acceptors (Lipinski definition) is 7. The molecule has 7 nitrogen and oxygen atoms in total. The summed E-state index contributed by atoms with van der Waals surface area (Å²) >= 11 is 1.37. The summed E-state index contributed by atoms with van der Waals surface area (Å²) in [5, 5.41) is 0.466. The van der Waals surface area contributed by atoms with Gasteiger partial charge in [0.25, 0.3) is 0 Å². The van der Waals surface area contributed by atoms with Crippen molar-refractivity contribution in [2.45, 2.75) is 18.7 Å². The van der Waals surface area contributed by atoms with Crippen molar-refractivity contribution in [1.29, 1.82) is 0 Å². The van der Waals surface area contributed by atoms with Crippen LogP contribution < -0.4 is 9.64 Å². The number of amides is 1. The van der Waals surface area contributed by atoms with Crippen molar-refractivity contribution < 1.29 is 17.9 Å². The molecule has 0 saturated carbocycles. The zero-order chi connectivity index (χ0) is 22.8. The number of benzene rings is 2. The topological polar surface area (TPSA) is 79.8 Å².